The summed E-state index contributed by atoms with van der Waals surface area (Å²) in [6.45, 7) is 0.473. The van der Waals surface area contributed by atoms with Crippen molar-refractivity contribution in [3.8, 4) is 0 Å². The number of nitrogens with zero attached hydrogens (tertiary/aromatic N) is 1. The number of likely N-dealkylation sites (N-methyl/N-ethyl adjacent to an activating group) is 1. The molecule has 8 heteroatoms. The molecule has 0 aromatic heterocycles. The Morgan fingerprint density at radius 2 is 1.58 bits per heavy atom. The van der Waals surface area contributed by atoms with Gasteiger partial charge >= 0.3 is 12.1 Å². The van der Waals surface area contributed by atoms with Gasteiger partial charge in [0.1, 0.15) is 13.4 Å². The number of methoxy groups -OCH3 is 1. The first-order valence-corrected chi connectivity index (χ1v) is 9.91. The molecular weight excluding hydrogens is 402 g/mol. The Labute approximate surface area is 182 Å². The molecule has 2 rings (SSSR count). The number of amides is 1. The molecule has 0 aliphatic rings. The Bertz CT molecular complexity index is 785. The highest BCUT2D eigenvalue weighted by Crippen LogP contribution is 2.16. The minimum Gasteiger partial charge on any atom is -0.479 e. The molecule has 0 spiro atoms. The fourth-order valence-corrected chi connectivity index (χ4v) is 2.93. The van der Waals surface area contributed by atoms with E-state index in [9.17, 15) is 14.7 Å². The van der Waals surface area contributed by atoms with Crippen molar-refractivity contribution < 1.29 is 33.6 Å². The normalized spacial score (nSPS) is 12.7. The minimum absolute atomic E-state index is 0.0841. The van der Waals surface area contributed by atoms with Crippen LogP contribution in [0.25, 0.3) is 0 Å². The summed E-state index contributed by atoms with van der Waals surface area (Å²) in [4.78, 5) is 25.9. The highest BCUT2D eigenvalue weighted by molar-refractivity contribution is 5.75. The third-order valence-corrected chi connectivity index (χ3v) is 4.63. The summed E-state index contributed by atoms with van der Waals surface area (Å²) >= 11 is 0. The fourth-order valence-electron chi connectivity index (χ4n) is 2.93. The quantitative estimate of drug-likeness (QED) is 0.385. The Morgan fingerprint density at radius 3 is 2.16 bits per heavy atom. The number of ether oxygens (including phenoxy) is 4. The van der Waals surface area contributed by atoms with Crippen LogP contribution in [0.15, 0.2) is 60.7 Å². The largest absolute Gasteiger partial charge is 0.479 e. The molecule has 8 nitrogen and oxygen atoms in total. The standard InChI is InChI=1S/C23H29NO7/c1-24(23(27)30-16-19-11-7-4-8-12-19)20(15-18-9-5-3-6-10-18)21(22(25)26)31-17-29-14-13-28-2/h3-12,20-21H,13-17H2,1-2H3,(H,25,26). The number of carbonyl (C=O) groups is 2. The number of aliphatic carboxylic acids is 1. The van der Waals surface area contributed by atoms with E-state index in [-0.39, 0.29) is 26.4 Å². The Kier molecular flexibility index (Phi) is 10.5. The van der Waals surface area contributed by atoms with Crippen LogP contribution < -0.4 is 0 Å². The Hall–Kier alpha value is -2.94. The van der Waals surface area contributed by atoms with Gasteiger partial charge in [-0.15, -0.1) is 0 Å². The average Bonchev–Trinajstić information content (AvgIpc) is 2.79. The second-order valence-electron chi connectivity index (χ2n) is 6.85. The highest BCUT2D eigenvalue weighted by Gasteiger charge is 2.35. The van der Waals surface area contributed by atoms with E-state index in [0.29, 0.717) is 6.61 Å². The molecule has 31 heavy (non-hydrogen) atoms. The van der Waals surface area contributed by atoms with Crippen molar-refractivity contribution in [2.24, 2.45) is 0 Å². The molecule has 0 heterocycles. The zero-order chi connectivity index (χ0) is 22.5. The zero-order valence-corrected chi connectivity index (χ0v) is 17.8. The van der Waals surface area contributed by atoms with E-state index in [0.717, 1.165) is 11.1 Å². The second-order valence-corrected chi connectivity index (χ2v) is 6.85. The van der Waals surface area contributed by atoms with Crippen LogP contribution in [0.2, 0.25) is 0 Å². The first-order valence-electron chi connectivity index (χ1n) is 9.91. The van der Waals surface area contributed by atoms with Gasteiger partial charge in [0.25, 0.3) is 0 Å². The van der Waals surface area contributed by atoms with E-state index in [4.69, 9.17) is 18.9 Å². The van der Waals surface area contributed by atoms with Crippen molar-refractivity contribution in [3.05, 3.63) is 71.8 Å². The maximum Gasteiger partial charge on any atom is 0.410 e. The molecule has 0 saturated heterocycles. The van der Waals surface area contributed by atoms with Gasteiger partial charge in [-0.3, -0.25) is 0 Å². The lowest BCUT2D eigenvalue weighted by molar-refractivity contribution is -0.168. The minimum atomic E-state index is -1.31. The first kappa shape index (κ1) is 24.3. The maximum absolute atomic E-state index is 12.7. The number of hydrogen-bond acceptors (Lipinski definition) is 6. The summed E-state index contributed by atoms with van der Waals surface area (Å²) in [5.74, 6) is -1.20. The molecule has 1 N–H and O–H groups in total. The van der Waals surface area contributed by atoms with Crippen molar-refractivity contribution in [2.75, 3.05) is 34.2 Å². The van der Waals surface area contributed by atoms with Crippen molar-refractivity contribution in [3.63, 3.8) is 0 Å². The number of carboxylic acids is 1. The van der Waals surface area contributed by atoms with Crippen molar-refractivity contribution in [1.82, 2.24) is 4.90 Å². The third-order valence-electron chi connectivity index (χ3n) is 4.63. The van der Waals surface area contributed by atoms with E-state index in [1.54, 1.807) is 0 Å². The number of carbonyl (C=O) groups excluding carboxylic acids is 1. The van der Waals surface area contributed by atoms with Crippen LogP contribution in [-0.2, 0) is 36.8 Å². The van der Waals surface area contributed by atoms with Gasteiger partial charge in [-0.25, -0.2) is 9.59 Å². The van der Waals surface area contributed by atoms with Gasteiger partial charge in [0.05, 0.1) is 19.3 Å². The fraction of sp³-hybridized carbons (Fsp3) is 0.391. The Morgan fingerprint density at radius 1 is 0.968 bits per heavy atom. The molecule has 0 bridgehead atoms. The molecule has 2 atom stereocenters. The SMILES string of the molecule is COCCOCOC(C(=O)O)C(Cc1ccccc1)N(C)C(=O)OCc1ccccc1. The zero-order valence-electron chi connectivity index (χ0n) is 17.8. The molecule has 1 amide bonds. The number of carboxylic acid groups (broad SMARTS) is 1. The third kappa shape index (κ3) is 8.37. The van der Waals surface area contributed by atoms with E-state index in [2.05, 4.69) is 0 Å². The van der Waals surface area contributed by atoms with Crippen molar-refractivity contribution in [1.29, 1.82) is 0 Å². The number of benzene rings is 2. The summed E-state index contributed by atoms with van der Waals surface area (Å²) in [6.07, 6.45) is -1.68. The summed E-state index contributed by atoms with van der Waals surface area (Å²) < 4.78 is 21.0. The topological polar surface area (TPSA) is 94.5 Å². The predicted octanol–water partition coefficient (Wildman–Crippen LogP) is 2.96. The van der Waals surface area contributed by atoms with E-state index in [1.807, 2.05) is 60.7 Å². The van der Waals surface area contributed by atoms with Crippen LogP contribution in [0.1, 0.15) is 11.1 Å². The summed E-state index contributed by atoms with van der Waals surface area (Å²) in [5.41, 5.74) is 1.70. The first-order chi connectivity index (χ1) is 15.0. The molecule has 0 radical (unpaired) electrons. The van der Waals surface area contributed by atoms with Crippen LogP contribution in [0.3, 0.4) is 0 Å². The molecule has 2 aromatic carbocycles. The summed E-state index contributed by atoms with van der Waals surface area (Å²) in [7, 11) is 3.04. The van der Waals surface area contributed by atoms with Crippen LogP contribution in [0.4, 0.5) is 4.79 Å². The molecule has 168 valence electrons. The lowest BCUT2D eigenvalue weighted by Crippen LogP contribution is -2.50. The van der Waals surface area contributed by atoms with Crippen LogP contribution >= 0.6 is 0 Å². The second kappa shape index (κ2) is 13.4. The molecule has 0 aliphatic carbocycles. The predicted molar refractivity (Wildman–Crippen MR) is 114 cm³/mol. The maximum atomic E-state index is 12.7. The monoisotopic (exact) mass is 431 g/mol. The van der Waals surface area contributed by atoms with Gasteiger partial charge < -0.3 is 29.0 Å². The highest BCUT2D eigenvalue weighted by atomic mass is 16.7. The van der Waals surface area contributed by atoms with E-state index < -0.39 is 24.2 Å². The summed E-state index contributed by atoms with van der Waals surface area (Å²) in [6, 6.07) is 17.7. The number of rotatable bonds is 13. The Balaban J connectivity index is 2.10. The van der Waals surface area contributed by atoms with Crippen LogP contribution in [0.5, 0.6) is 0 Å². The van der Waals surface area contributed by atoms with Gasteiger partial charge in [-0.05, 0) is 17.5 Å². The number of hydrogen-bond donors (Lipinski definition) is 1. The van der Waals surface area contributed by atoms with Crippen molar-refractivity contribution in [2.45, 2.75) is 25.2 Å². The van der Waals surface area contributed by atoms with Crippen LogP contribution in [-0.4, -0.2) is 68.4 Å². The smallest absolute Gasteiger partial charge is 0.410 e. The average molecular weight is 431 g/mol. The van der Waals surface area contributed by atoms with Gasteiger partial charge in [-0.2, -0.15) is 0 Å². The molecular formula is C23H29NO7. The van der Waals surface area contributed by atoms with E-state index in [1.165, 1.54) is 19.1 Å². The van der Waals surface area contributed by atoms with Gasteiger partial charge in [-0.1, -0.05) is 60.7 Å². The van der Waals surface area contributed by atoms with Gasteiger partial charge in [0, 0.05) is 14.2 Å². The molecule has 0 aliphatic heterocycles. The van der Waals surface area contributed by atoms with Crippen LogP contribution in [0, 0.1) is 0 Å². The van der Waals surface area contributed by atoms with E-state index >= 15 is 0 Å². The molecule has 0 saturated carbocycles. The van der Waals surface area contributed by atoms with Crippen molar-refractivity contribution >= 4 is 12.1 Å². The van der Waals surface area contributed by atoms with Gasteiger partial charge in [0.15, 0.2) is 6.10 Å². The summed E-state index contributed by atoms with van der Waals surface area (Å²) in [5, 5.41) is 9.78. The lowest BCUT2D eigenvalue weighted by atomic mass is 10.00. The van der Waals surface area contributed by atoms with Gasteiger partial charge in [0.2, 0.25) is 0 Å². The molecule has 0 fully saturated rings. The lowest BCUT2D eigenvalue weighted by Gasteiger charge is -2.32. The molecule has 2 unspecified atom stereocenters. The molecule has 2 aromatic rings.